The first-order valence-corrected chi connectivity index (χ1v) is 8.45. The monoisotopic (exact) mass is 366 g/mol. The van der Waals surface area contributed by atoms with Crippen molar-refractivity contribution in [2.24, 2.45) is 0 Å². The van der Waals surface area contributed by atoms with E-state index in [1.54, 1.807) is 12.2 Å². The lowest BCUT2D eigenvalue weighted by molar-refractivity contribution is -0.305. The quantitative estimate of drug-likeness (QED) is 0.572. The average Bonchev–Trinajstić information content (AvgIpc) is 2.75. The number of carboxylic acids is 1. The molecule has 0 unspecified atom stereocenters. The highest BCUT2D eigenvalue weighted by Crippen LogP contribution is 2.32. The van der Waals surface area contributed by atoms with E-state index in [1.165, 1.54) is 4.90 Å². The number of hydrogen-bond donors (Lipinski definition) is 0. The van der Waals surface area contributed by atoms with Crippen molar-refractivity contribution in [3.05, 3.63) is 51.9 Å². The highest BCUT2D eigenvalue weighted by Gasteiger charge is 2.31. The SMILES string of the molecule is O=C([O-])CCCN1C(=O)/C(=C/C(Cl)=C/c2ccccc2)SC1=S. The Morgan fingerprint density at radius 1 is 1.35 bits per heavy atom. The van der Waals surface area contributed by atoms with Crippen LogP contribution in [0.15, 0.2) is 46.3 Å². The van der Waals surface area contributed by atoms with Gasteiger partial charge in [0.25, 0.3) is 5.91 Å². The van der Waals surface area contributed by atoms with Gasteiger partial charge in [-0.2, -0.15) is 0 Å². The number of hydrogen-bond acceptors (Lipinski definition) is 5. The molecule has 120 valence electrons. The van der Waals surface area contributed by atoms with Gasteiger partial charge in [0, 0.05) is 17.5 Å². The molecular formula is C16H13ClNO3S2-. The lowest BCUT2D eigenvalue weighted by atomic mass is 10.2. The average molecular weight is 367 g/mol. The van der Waals surface area contributed by atoms with Gasteiger partial charge in [-0.05, 0) is 30.6 Å². The topological polar surface area (TPSA) is 60.4 Å². The lowest BCUT2D eigenvalue weighted by Crippen LogP contribution is -2.30. The summed E-state index contributed by atoms with van der Waals surface area (Å²) in [5.41, 5.74) is 0.929. The Morgan fingerprint density at radius 3 is 2.70 bits per heavy atom. The van der Waals surface area contributed by atoms with Crippen molar-refractivity contribution in [2.75, 3.05) is 6.54 Å². The Labute approximate surface area is 148 Å². The summed E-state index contributed by atoms with van der Waals surface area (Å²) in [4.78, 5) is 24.5. The Kier molecular flexibility index (Phi) is 6.38. The van der Waals surface area contributed by atoms with E-state index in [0.29, 0.717) is 20.7 Å². The number of thioether (sulfide) groups is 1. The molecule has 0 atom stereocenters. The minimum absolute atomic E-state index is 0.106. The van der Waals surface area contributed by atoms with Gasteiger partial charge in [-0.1, -0.05) is 65.9 Å². The number of carbonyl (C=O) groups is 2. The smallest absolute Gasteiger partial charge is 0.266 e. The van der Waals surface area contributed by atoms with Gasteiger partial charge in [0.15, 0.2) is 0 Å². The van der Waals surface area contributed by atoms with E-state index in [0.717, 1.165) is 17.3 Å². The van der Waals surface area contributed by atoms with E-state index < -0.39 is 5.97 Å². The Hall–Kier alpha value is -1.63. The van der Waals surface area contributed by atoms with Crippen LogP contribution in [-0.4, -0.2) is 27.6 Å². The van der Waals surface area contributed by atoms with Crippen molar-refractivity contribution >= 4 is 57.9 Å². The second-order valence-corrected chi connectivity index (χ2v) is 6.86. The molecule has 1 aliphatic rings. The summed E-state index contributed by atoms with van der Waals surface area (Å²) in [6, 6.07) is 9.51. The number of allylic oxidation sites excluding steroid dienone is 2. The Morgan fingerprint density at radius 2 is 2.04 bits per heavy atom. The van der Waals surface area contributed by atoms with Crippen molar-refractivity contribution in [2.45, 2.75) is 12.8 Å². The van der Waals surface area contributed by atoms with Gasteiger partial charge < -0.3 is 9.90 Å². The maximum atomic E-state index is 12.3. The molecule has 0 bridgehead atoms. The predicted molar refractivity (Wildman–Crippen MR) is 94.5 cm³/mol. The molecule has 0 N–H and O–H groups in total. The van der Waals surface area contributed by atoms with Crippen LogP contribution in [0, 0.1) is 0 Å². The highest BCUT2D eigenvalue weighted by atomic mass is 35.5. The number of carbonyl (C=O) groups excluding carboxylic acids is 2. The first kappa shape index (κ1) is 17.7. The summed E-state index contributed by atoms with van der Waals surface area (Å²) >= 11 is 12.5. The first-order chi connectivity index (χ1) is 11.0. The van der Waals surface area contributed by atoms with E-state index in [-0.39, 0.29) is 18.9 Å². The summed E-state index contributed by atoms with van der Waals surface area (Å²) in [6.07, 6.45) is 3.53. The van der Waals surface area contributed by atoms with Crippen molar-refractivity contribution < 1.29 is 14.7 Å². The zero-order valence-electron chi connectivity index (χ0n) is 12.0. The number of thiocarbonyl (C=S) groups is 1. The predicted octanol–water partition coefficient (Wildman–Crippen LogP) is 2.54. The summed E-state index contributed by atoms with van der Waals surface area (Å²) in [5.74, 6) is -1.39. The Balaban J connectivity index is 2.06. The molecule has 0 radical (unpaired) electrons. The summed E-state index contributed by atoms with van der Waals surface area (Å²) in [7, 11) is 0. The molecule has 1 aromatic rings. The number of rotatable bonds is 6. The van der Waals surface area contributed by atoms with Crippen LogP contribution in [0.5, 0.6) is 0 Å². The molecule has 0 aliphatic carbocycles. The molecule has 2 rings (SSSR count). The number of amides is 1. The highest BCUT2D eigenvalue weighted by molar-refractivity contribution is 8.26. The second-order valence-electron chi connectivity index (χ2n) is 4.75. The molecule has 7 heteroatoms. The van der Waals surface area contributed by atoms with Crippen molar-refractivity contribution in [1.82, 2.24) is 4.90 Å². The minimum Gasteiger partial charge on any atom is -0.550 e. The molecular weight excluding hydrogens is 354 g/mol. The third-order valence-electron chi connectivity index (χ3n) is 3.01. The molecule has 1 aromatic carbocycles. The maximum absolute atomic E-state index is 12.3. The second kappa shape index (κ2) is 8.29. The third kappa shape index (κ3) is 5.20. The van der Waals surface area contributed by atoms with Gasteiger partial charge in [0.1, 0.15) is 4.32 Å². The van der Waals surface area contributed by atoms with Crippen molar-refractivity contribution in [3.63, 3.8) is 0 Å². The fraction of sp³-hybridized carbons (Fsp3) is 0.188. The van der Waals surface area contributed by atoms with E-state index >= 15 is 0 Å². The number of aliphatic carboxylic acids is 1. The summed E-state index contributed by atoms with van der Waals surface area (Å²) in [6.45, 7) is 0.260. The van der Waals surface area contributed by atoms with Gasteiger partial charge >= 0.3 is 0 Å². The summed E-state index contributed by atoms with van der Waals surface area (Å²) in [5, 5.41) is 10.9. The Bertz CT molecular complexity index is 686. The molecule has 4 nitrogen and oxygen atoms in total. The van der Waals surface area contributed by atoms with Crippen LogP contribution >= 0.6 is 35.6 Å². The molecule has 23 heavy (non-hydrogen) atoms. The van der Waals surface area contributed by atoms with E-state index in [2.05, 4.69) is 0 Å². The van der Waals surface area contributed by atoms with Crippen LogP contribution in [0.3, 0.4) is 0 Å². The lowest BCUT2D eigenvalue weighted by Gasteiger charge is -2.14. The zero-order valence-corrected chi connectivity index (χ0v) is 14.4. The number of nitrogens with zero attached hydrogens (tertiary/aromatic N) is 1. The minimum atomic E-state index is -1.14. The van der Waals surface area contributed by atoms with E-state index in [1.807, 2.05) is 30.3 Å². The van der Waals surface area contributed by atoms with E-state index in [9.17, 15) is 14.7 Å². The fourth-order valence-electron chi connectivity index (χ4n) is 1.95. The van der Waals surface area contributed by atoms with Crippen LogP contribution in [0.1, 0.15) is 18.4 Å². The third-order valence-corrected chi connectivity index (χ3v) is 4.61. The van der Waals surface area contributed by atoms with E-state index in [4.69, 9.17) is 23.8 Å². The van der Waals surface area contributed by atoms with Gasteiger partial charge in [-0.15, -0.1) is 0 Å². The van der Waals surface area contributed by atoms with Crippen LogP contribution in [-0.2, 0) is 9.59 Å². The largest absolute Gasteiger partial charge is 0.550 e. The molecule has 1 fully saturated rings. The molecule has 0 spiro atoms. The van der Waals surface area contributed by atoms with Gasteiger partial charge in [0.05, 0.1) is 4.91 Å². The van der Waals surface area contributed by atoms with Crippen LogP contribution < -0.4 is 5.11 Å². The fourth-order valence-corrected chi connectivity index (χ4v) is 3.55. The molecule has 0 aromatic heterocycles. The molecule has 0 saturated carbocycles. The number of halogens is 1. The van der Waals surface area contributed by atoms with Gasteiger partial charge in [-0.25, -0.2) is 0 Å². The number of benzene rings is 1. The van der Waals surface area contributed by atoms with Crippen LogP contribution in [0.4, 0.5) is 0 Å². The normalized spacial score (nSPS) is 17.2. The zero-order chi connectivity index (χ0) is 16.8. The van der Waals surface area contributed by atoms with Crippen LogP contribution in [0.25, 0.3) is 6.08 Å². The standard InChI is InChI=1S/C16H14ClNO3S2/c17-12(9-11-5-2-1-3-6-11)10-13-15(21)18(16(22)23-13)8-4-7-14(19)20/h1-3,5-6,9-10H,4,7-8H2,(H,19,20)/p-1/b12-9-,13-10-. The molecule has 1 amide bonds. The van der Waals surface area contributed by atoms with Crippen molar-refractivity contribution in [1.29, 1.82) is 0 Å². The van der Waals surface area contributed by atoms with Gasteiger partial charge in [0.2, 0.25) is 0 Å². The number of carboxylic acid groups (broad SMARTS) is 1. The summed E-state index contributed by atoms with van der Waals surface area (Å²) < 4.78 is 0.406. The molecule has 1 heterocycles. The first-order valence-electron chi connectivity index (χ1n) is 6.85. The molecule has 1 saturated heterocycles. The van der Waals surface area contributed by atoms with Crippen molar-refractivity contribution in [3.8, 4) is 0 Å². The molecule has 1 aliphatic heterocycles. The van der Waals surface area contributed by atoms with Gasteiger partial charge in [-0.3, -0.25) is 9.69 Å². The van der Waals surface area contributed by atoms with Crippen LogP contribution in [0.2, 0.25) is 0 Å². The maximum Gasteiger partial charge on any atom is 0.266 e.